The minimum absolute atomic E-state index is 1.03. The number of ether oxygens (including phenoxy) is 1. The summed E-state index contributed by atoms with van der Waals surface area (Å²) in [6.07, 6.45) is 7.81. The zero-order chi connectivity index (χ0) is 15.8. The first-order chi connectivity index (χ1) is 10.7. The van der Waals surface area contributed by atoms with Gasteiger partial charge in [-0.15, -0.1) is 0 Å². The van der Waals surface area contributed by atoms with Gasteiger partial charge in [-0.3, -0.25) is 4.90 Å². The van der Waals surface area contributed by atoms with E-state index in [9.17, 15) is 0 Å². The maximum Gasteiger partial charge on any atom is 0.123 e. The van der Waals surface area contributed by atoms with Crippen molar-refractivity contribution in [2.75, 3.05) is 40.8 Å². The molecule has 1 fully saturated rings. The summed E-state index contributed by atoms with van der Waals surface area (Å²) in [6, 6.07) is 6.73. The normalized spacial score (nSPS) is 16.7. The van der Waals surface area contributed by atoms with E-state index in [1.165, 1.54) is 56.3 Å². The molecule has 0 N–H and O–H groups in total. The van der Waals surface area contributed by atoms with Crippen molar-refractivity contribution in [1.29, 1.82) is 0 Å². The van der Waals surface area contributed by atoms with Gasteiger partial charge >= 0.3 is 0 Å². The van der Waals surface area contributed by atoms with Crippen molar-refractivity contribution in [3.63, 3.8) is 0 Å². The number of methoxy groups -OCH3 is 1. The Kier molecular flexibility index (Phi) is 7.20. The molecule has 1 saturated heterocycles. The van der Waals surface area contributed by atoms with Crippen molar-refractivity contribution in [1.82, 2.24) is 9.80 Å². The lowest BCUT2D eigenvalue weighted by molar-refractivity contribution is 0.271. The Bertz CT molecular complexity index is 437. The van der Waals surface area contributed by atoms with Crippen LogP contribution in [0.2, 0.25) is 0 Å². The molecule has 0 amide bonds. The van der Waals surface area contributed by atoms with Crippen LogP contribution in [0.3, 0.4) is 0 Å². The van der Waals surface area contributed by atoms with Crippen LogP contribution in [0.25, 0.3) is 0 Å². The Morgan fingerprint density at radius 3 is 2.45 bits per heavy atom. The van der Waals surface area contributed by atoms with Crippen LogP contribution in [-0.2, 0) is 13.0 Å². The van der Waals surface area contributed by atoms with Gasteiger partial charge in [-0.2, -0.15) is 0 Å². The van der Waals surface area contributed by atoms with Gasteiger partial charge in [-0.1, -0.05) is 25.0 Å². The van der Waals surface area contributed by atoms with Gasteiger partial charge in [0.05, 0.1) is 7.11 Å². The summed E-state index contributed by atoms with van der Waals surface area (Å²) in [5.74, 6) is 1.04. The van der Waals surface area contributed by atoms with Crippen LogP contribution in [0, 0.1) is 0 Å². The molecule has 3 heteroatoms. The molecule has 0 aliphatic carbocycles. The number of hydrogen-bond acceptors (Lipinski definition) is 3. The summed E-state index contributed by atoms with van der Waals surface area (Å²) < 4.78 is 5.58. The summed E-state index contributed by atoms with van der Waals surface area (Å²) in [5, 5.41) is 0. The lowest BCUT2D eigenvalue weighted by atomic mass is 10.0. The molecular weight excluding hydrogens is 272 g/mol. The predicted molar refractivity (Wildman–Crippen MR) is 93.6 cm³/mol. The summed E-state index contributed by atoms with van der Waals surface area (Å²) in [7, 11) is 6.06. The average molecular weight is 304 g/mol. The van der Waals surface area contributed by atoms with Crippen molar-refractivity contribution in [2.24, 2.45) is 0 Å². The Morgan fingerprint density at radius 2 is 1.82 bits per heavy atom. The number of hydrogen-bond donors (Lipinski definition) is 0. The molecule has 0 spiro atoms. The van der Waals surface area contributed by atoms with Gasteiger partial charge < -0.3 is 9.64 Å². The molecule has 2 rings (SSSR count). The zero-order valence-electron chi connectivity index (χ0n) is 14.6. The topological polar surface area (TPSA) is 15.7 Å². The van der Waals surface area contributed by atoms with E-state index in [2.05, 4.69) is 42.1 Å². The SMILES string of the molecule is COc1ccc(CCCN(C)C)cc1CN1CCCCCC1. The van der Waals surface area contributed by atoms with E-state index in [4.69, 9.17) is 4.74 Å². The van der Waals surface area contributed by atoms with Crippen LogP contribution >= 0.6 is 0 Å². The van der Waals surface area contributed by atoms with Crippen LogP contribution in [-0.4, -0.2) is 50.6 Å². The highest BCUT2D eigenvalue weighted by Crippen LogP contribution is 2.23. The first-order valence-corrected chi connectivity index (χ1v) is 8.72. The number of likely N-dealkylation sites (tertiary alicyclic amines) is 1. The molecule has 0 unspecified atom stereocenters. The van der Waals surface area contributed by atoms with Gasteiger partial charge in [0, 0.05) is 12.1 Å². The van der Waals surface area contributed by atoms with E-state index in [0.29, 0.717) is 0 Å². The average Bonchev–Trinajstić information content (AvgIpc) is 2.76. The first-order valence-electron chi connectivity index (χ1n) is 8.72. The number of nitrogens with zero attached hydrogens (tertiary/aromatic N) is 2. The Labute approximate surface area is 136 Å². The third-order valence-electron chi connectivity index (χ3n) is 4.51. The van der Waals surface area contributed by atoms with Crippen LogP contribution in [0.5, 0.6) is 5.75 Å². The molecule has 1 aliphatic heterocycles. The molecule has 0 saturated carbocycles. The van der Waals surface area contributed by atoms with Gasteiger partial charge in [0.2, 0.25) is 0 Å². The number of aryl methyl sites for hydroxylation is 1. The third-order valence-corrected chi connectivity index (χ3v) is 4.51. The largest absolute Gasteiger partial charge is 0.496 e. The zero-order valence-corrected chi connectivity index (χ0v) is 14.6. The Balaban J connectivity index is 2.00. The van der Waals surface area contributed by atoms with E-state index in [1.807, 2.05) is 0 Å². The van der Waals surface area contributed by atoms with Crippen LogP contribution in [0.4, 0.5) is 0 Å². The maximum absolute atomic E-state index is 5.58. The highest BCUT2D eigenvalue weighted by Gasteiger charge is 2.12. The lowest BCUT2D eigenvalue weighted by Gasteiger charge is -2.21. The quantitative estimate of drug-likeness (QED) is 0.766. The molecule has 1 aliphatic rings. The van der Waals surface area contributed by atoms with E-state index in [0.717, 1.165) is 25.3 Å². The van der Waals surface area contributed by atoms with Gasteiger partial charge in [0.15, 0.2) is 0 Å². The smallest absolute Gasteiger partial charge is 0.123 e. The molecule has 124 valence electrons. The second-order valence-corrected chi connectivity index (χ2v) is 6.74. The second-order valence-electron chi connectivity index (χ2n) is 6.74. The molecule has 22 heavy (non-hydrogen) atoms. The van der Waals surface area contributed by atoms with Crippen molar-refractivity contribution >= 4 is 0 Å². The monoisotopic (exact) mass is 304 g/mol. The minimum atomic E-state index is 1.03. The fourth-order valence-electron chi connectivity index (χ4n) is 3.25. The van der Waals surface area contributed by atoms with Crippen molar-refractivity contribution in [2.45, 2.75) is 45.1 Å². The van der Waals surface area contributed by atoms with Crippen molar-refractivity contribution in [3.05, 3.63) is 29.3 Å². The summed E-state index contributed by atoms with van der Waals surface area (Å²) in [4.78, 5) is 4.84. The summed E-state index contributed by atoms with van der Waals surface area (Å²) in [6.45, 7) is 4.64. The molecule has 0 atom stereocenters. The summed E-state index contributed by atoms with van der Waals surface area (Å²) >= 11 is 0. The Hall–Kier alpha value is -1.06. The fourth-order valence-corrected chi connectivity index (χ4v) is 3.25. The molecule has 3 nitrogen and oxygen atoms in total. The van der Waals surface area contributed by atoms with E-state index >= 15 is 0 Å². The second kappa shape index (κ2) is 9.16. The van der Waals surface area contributed by atoms with Crippen LogP contribution in [0.15, 0.2) is 18.2 Å². The Morgan fingerprint density at radius 1 is 1.09 bits per heavy atom. The van der Waals surface area contributed by atoms with Gasteiger partial charge in [0.25, 0.3) is 0 Å². The van der Waals surface area contributed by atoms with Crippen molar-refractivity contribution in [3.8, 4) is 5.75 Å². The number of rotatable bonds is 7. The van der Waals surface area contributed by atoms with Gasteiger partial charge in [-0.25, -0.2) is 0 Å². The summed E-state index contributed by atoms with van der Waals surface area (Å²) in [5.41, 5.74) is 2.79. The molecule has 1 aromatic rings. The van der Waals surface area contributed by atoms with Crippen LogP contribution in [0.1, 0.15) is 43.2 Å². The fraction of sp³-hybridized carbons (Fsp3) is 0.684. The van der Waals surface area contributed by atoms with E-state index < -0.39 is 0 Å². The number of benzene rings is 1. The van der Waals surface area contributed by atoms with E-state index in [1.54, 1.807) is 7.11 Å². The standard InChI is InChI=1S/C19H32N2O/c1-20(2)12-8-9-17-10-11-19(22-3)18(15-17)16-21-13-6-4-5-7-14-21/h10-11,15H,4-9,12-14,16H2,1-3H3. The van der Waals surface area contributed by atoms with Gasteiger partial charge in [0.1, 0.15) is 5.75 Å². The highest BCUT2D eigenvalue weighted by atomic mass is 16.5. The minimum Gasteiger partial charge on any atom is -0.496 e. The van der Waals surface area contributed by atoms with Crippen molar-refractivity contribution < 1.29 is 4.74 Å². The van der Waals surface area contributed by atoms with Crippen LogP contribution < -0.4 is 4.74 Å². The molecular formula is C19H32N2O. The van der Waals surface area contributed by atoms with E-state index in [-0.39, 0.29) is 0 Å². The molecule has 1 heterocycles. The maximum atomic E-state index is 5.58. The molecule has 1 aromatic carbocycles. The first kappa shape index (κ1) is 17.3. The highest BCUT2D eigenvalue weighted by molar-refractivity contribution is 5.37. The molecule has 0 aromatic heterocycles. The third kappa shape index (κ3) is 5.62. The lowest BCUT2D eigenvalue weighted by Crippen LogP contribution is -2.24. The predicted octanol–water partition coefficient (Wildman–Crippen LogP) is 3.57. The van der Waals surface area contributed by atoms with Gasteiger partial charge in [-0.05, 0) is 71.0 Å². The molecule has 0 bridgehead atoms. The molecule has 0 radical (unpaired) electrons.